The molecule has 82 valence electrons. The van der Waals surface area contributed by atoms with Gasteiger partial charge in [0, 0.05) is 0 Å². The number of aromatic hydroxyl groups is 1. The predicted octanol–water partition coefficient (Wildman–Crippen LogP) is 0.689. The zero-order valence-corrected chi connectivity index (χ0v) is 8.81. The van der Waals surface area contributed by atoms with Crippen molar-refractivity contribution >= 4 is 9.84 Å². The van der Waals surface area contributed by atoms with Crippen molar-refractivity contribution in [2.45, 2.75) is 29.1 Å². The minimum absolute atomic E-state index is 0.0441. The van der Waals surface area contributed by atoms with Crippen LogP contribution in [0.1, 0.15) is 12.8 Å². The summed E-state index contributed by atoms with van der Waals surface area (Å²) < 4.78 is 23.8. The fourth-order valence-corrected chi connectivity index (χ4v) is 3.47. The summed E-state index contributed by atoms with van der Waals surface area (Å²) >= 11 is 0. The van der Waals surface area contributed by atoms with E-state index in [1.807, 2.05) is 0 Å². The summed E-state index contributed by atoms with van der Waals surface area (Å²) in [5, 5.41) is 17.6. The molecule has 2 rings (SSSR count). The van der Waals surface area contributed by atoms with Crippen LogP contribution in [0.2, 0.25) is 0 Å². The molecule has 0 aliphatic heterocycles. The number of aliphatic hydroxyl groups is 1. The molecule has 0 unspecified atom stereocenters. The molecular weight excluding hydrogens is 216 g/mol. The fourth-order valence-electron chi connectivity index (χ4n) is 1.62. The first kappa shape index (κ1) is 10.4. The van der Waals surface area contributed by atoms with Crippen molar-refractivity contribution in [1.82, 2.24) is 0 Å². The molecule has 0 spiro atoms. The van der Waals surface area contributed by atoms with Crippen LogP contribution in [0.5, 0.6) is 5.75 Å². The van der Waals surface area contributed by atoms with Crippen molar-refractivity contribution < 1.29 is 18.6 Å². The zero-order valence-electron chi connectivity index (χ0n) is 8.00. The van der Waals surface area contributed by atoms with Crippen LogP contribution in [-0.2, 0) is 9.84 Å². The van der Waals surface area contributed by atoms with Crippen LogP contribution < -0.4 is 0 Å². The number of phenolic OH excluding ortho intramolecular Hbond substituents is 1. The van der Waals surface area contributed by atoms with E-state index in [0.717, 1.165) is 0 Å². The summed E-state index contributed by atoms with van der Waals surface area (Å²) in [6.45, 7) is 0. The van der Waals surface area contributed by atoms with E-state index in [9.17, 15) is 8.42 Å². The number of hydrogen-bond donors (Lipinski definition) is 2. The molecule has 1 aromatic rings. The number of benzene rings is 1. The van der Waals surface area contributed by atoms with E-state index in [2.05, 4.69) is 0 Å². The minimum Gasteiger partial charge on any atom is -0.508 e. The molecule has 0 radical (unpaired) electrons. The summed E-state index contributed by atoms with van der Waals surface area (Å²) in [6.07, 6.45) is 0.133. The van der Waals surface area contributed by atoms with Gasteiger partial charge in [-0.25, -0.2) is 8.42 Å². The molecule has 0 amide bonds. The van der Waals surface area contributed by atoms with Gasteiger partial charge in [-0.15, -0.1) is 0 Å². The second-order valence-corrected chi connectivity index (χ2v) is 6.01. The van der Waals surface area contributed by atoms with Gasteiger partial charge in [0.2, 0.25) is 0 Å². The Morgan fingerprint density at radius 3 is 2.13 bits per heavy atom. The van der Waals surface area contributed by atoms with Gasteiger partial charge >= 0.3 is 0 Å². The van der Waals surface area contributed by atoms with Crippen LogP contribution in [0.25, 0.3) is 0 Å². The predicted molar refractivity (Wildman–Crippen MR) is 54.3 cm³/mol. The molecule has 15 heavy (non-hydrogen) atoms. The largest absolute Gasteiger partial charge is 0.508 e. The normalized spacial score (nSPS) is 25.9. The third-order valence-corrected chi connectivity index (χ3v) is 4.87. The lowest BCUT2D eigenvalue weighted by Crippen LogP contribution is -2.39. The molecule has 0 saturated heterocycles. The molecule has 1 aliphatic carbocycles. The summed E-state index contributed by atoms with van der Waals surface area (Å²) in [4.78, 5) is 0.206. The van der Waals surface area contributed by atoms with Crippen molar-refractivity contribution in [3.05, 3.63) is 24.3 Å². The molecule has 4 nitrogen and oxygen atoms in total. The van der Waals surface area contributed by atoms with Crippen LogP contribution in [0, 0.1) is 0 Å². The zero-order chi connectivity index (χ0) is 11.1. The number of aliphatic hydroxyl groups excluding tert-OH is 1. The SMILES string of the molecule is O=S(=O)(c1ccc(O)cc1)C1CC(O)C1. The summed E-state index contributed by atoms with van der Waals surface area (Å²) in [7, 11) is -3.32. The van der Waals surface area contributed by atoms with Gasteiger partial charge in [-0.1, -0.05) is 0 Å². The molecule has 0 atom stereocenters. The number of hydrogen-bond acceptors (Lipinski definition) is 4. The lowest BCUT2D eigenvalue weighted by atomic mass is 9.96. The Morgan fingerprint density at radius 1 is 1.13 bits per heavy atom. The Kier molecular flexibility index (Phi) is 2.44. The van der Waals surface area contributed by atoms with E-state index < -0.39 is 21.2 Å². The average molecular weight is 228 g/mol. The van der Waals surface area contributed by atoms with Crippen LogP contribution in [0.15, 0.2) is 29.2 Å². The number of phenols is 1. The highest BCUT2D eigenvalue weighted by molar-refractivity contribution is 7.92. The van der Waals surface area contributed by atoms with Gasteiger partial charge in [0.1, 0.15) is 5.75 Å². The van der Waals surface area contributed by atoms with Crippen molar-refractivity contribution in [3.8, 4) is 5.75 Å². The highest BCUT2D eigenvalue weighted by Crippen LogP contribution is 2.31. The maximum absolute atomic E-state index is 11.9. The number of rotatable bonds is 2. The average Bonchev–Trinajstić information content (AvgIpc) is 2.13. The first-order valence-corrected chi connectivity index (χ1v) is 6.26. The Balaban J connectivity index is 2.26. The third kappa shape index (κ3) is 1.85. The molecule has 1 aromatic carbocycles. The van der Waals surface area contributed by atoms with Crippen molar-refractivity contribution in [1.29, 1.82) is 0 Å². The van der Waals surface area contributed by atoms with Crippen LogP contribution in [0.4, 0.5) is 0 Å². The molecule has 0 aromatic heterocycles. The molecule has 1 fully saturated rings. The molecule has 1 saturated carbocycles. The van der Waals surface area contributed by atoms with Crippen LogP contribution in [-0.4, -0.2) is 30.0 Å². The van der Waals surface area contributed by atoms with Gasteiger partial charge in [0.05, 0.1) is 16.2 Å². The summed E-state index contributed by atoms with van der Waals surface area (Å²) in [5.74, 6) is 0.0441. The van der Waals surface area contributed by atoms with Gasteiger partial charge in [-0.05, 0) is 37.1 Å². The third-order valence-electron chi connectivity index (χ3n) is 2.67. The quantitative estimate of drug-likeness (QED) is 0.781. The van der Waals surface area contributed by atoms with Crippen molar-refractivity contribution in [2.24, 2.45) is 0 Å². The minimum atomic E-state index is -3.32. The Bertz CT molecular complexity index is 443. The molecule has 0 bridgehead atoms. The topological polar surface area (TPSA) is 74.6 Å². The van der Waals surface area contributed by atoms with E-state index in [1.165, 1.54) is 24.3 Å². The van der Waals surface area contributed by atoms with E-state index >= 15 is 0 Å². The first-order valence-electron chi connectivity index (χ1n) is 4.71. The van der Waals surface area contributed by atoms with E-state index in [-0.39, 0.29) is 10.6 Å². The highest BCUT2D eigenvalue weighted by Gasteiger charge is 2.38. The molecular formula is C10H12O4S. The maximum atomic E-state index is 11.9. The summed E-state index contributed by atoms with van der Waals surface area (Å²) in [6, 6.07) is 5.47. The fraction of sp³-hybridized carbons (Fsp3) is 0.400. The van der Waals surface area contributed by atoms with Gasteiger partial charge < -0.3 is 10.2 Å². The van der Waals surface area contributed by atoms with Gasteiger partial charge in [0.25, 0.3) is 0 Å². The smallest absolute Gasteiger partial charge is 0.181 e. The van der Waals surface area contributed by atoms with Crippen LogP contribution >= 0.6 is 0 Å². The van der Waals surface area contributed by atoms with E-state index in [1.54, 1.807) is 0 Å². The second-order valence-electron chi connectivity index (χ2n) is 3.79. The molecule has 1 aliphatic rings. The first-order chi connectivity index (χ1) is 7.00. The molecule has 2 N–H and O–H groups in total. The van der Waals surface area contributed by atoms with Gasteiger partial charge in [0.15, 0.2) is 9.84 Å². The lowest BCUT2D eigenvalue weighted by molar-refractivity contribution is 0.0977. The van der Waals surface area contributed by atoms with Crippen LogP contribution in [0.3, 0.4) is 0 Å². The summed E-state index contributed by atoms with van der Waals surface area (Å²) in [5.41, 5.74) is 0. The van der Waals surface area contributed by atoms with Crippen molar-refractivity contribution in [3.63, 3.8) is 0 Å². The van der Waals surface area contributed by atoms with Gasteiger partial charge in [-0.3, -0.25) is 0 Å². The van der Waals surface area contributed by atoms with Gasteiger partial charge in [-0.2, -0.15) is 0 Å². The lowest BCUT2D eigenvalue weighted by Gasteiger charge is -2.30. The Hall–Kier alpha value is -1.07. The van der Waals surface area contributed by atoms with E-state index in [0.29, 0.717) is 12.8 Å². The highest BCUT2D eigenvalue weighted by atomic mass is 32.2. The monoisotopic (exact) mass is 228 g/mol. The molecule has 5 heteroatoms. The van der Waals surface area contributed by atoms with Crippen molar-refractivity contribution in [2.75, 3.05) is 0 Å². The number of sulfone groups is 1. The van der Waals surface area contributed by atoms with E-state index in [4.69, 9.17) is 10.2 Å². The second kappa shape index (κ2) is 3.50. The standard InChI is InChI=1S/C10H12O4S/c11-7-1-3-9(4-2-7)15(13,14)10-5-8(12)6-10/h1-4,8,10-12H,5-6H2. The molecule has 0 heterocycles. The Morgan fingerprint density at radius 2 is 1.67 bits per heavy atom. The Labute approximate surface area is 88.1 Å². The maximum Gasteiger partial charge on any atom is 0.181 e.